The molecule has 2 fully saturated rings. The third-order valence-electron chi connectivity index (χ3n) is 3.96. The Labute approximate surface area is 91.2 Å². The number of urea groups is 1. The predicted molar refractivity (Wildman–Crippen MR) is 59.5 cm³/mol. The molecule has 15 heavy (non-hydrogen) atoms. The molecule has 0 aromatic rings. The summed E-state index contributed by atoms with van der Waals surface area (Å²) in [5.41, 5.74) is 5.74. The molecule has 3 N–H and O–H groups in total. The van der Waals surface area contributed by atoms with E-state index in [2.05, 4.69) is 19.2 Å². The van der Waals surface area contributed by atoms with Gasteiger partial charge in [-0.15, -0.1) is 0 Å². The maximum atomic E-state index is 11.3. The average molecular weight is 211 g/mol. The summed E-state index contributed by atoms with van der Waals surface area (Å²) in [5, 5.41) is 3.38. The Bertz CT molecular complexity index is 259. The molecule has 0 radical (unpaired) electrons. The second kappa shape index (κ2) is 3.67. The van der Waals surface area contributed by atoms with Gasteiger partial charge in [0, 0.05) is 18.0 Å². The molecular formula is C11H21N3O. The van der Waals surface area contributed by atoms with Gasteiger partial charge in [-0.05, 0) is 31.8 Å². The van der Waals surface area contributed by atoms with Gasteiger partial charge in [0.05, 0.1) is 0 Å². The molecule has 0 bridgehead atoms. The minimum Gasteiger partial charge on any atom is -0.351 e. The van der Waals surface area contributed by atoms with Gasteiger partial charge in [0.25, 0.3) is 0 Å². The van der Waals surface area contributed by atoms with Crippen molar-refractivity contribution in [2.45, 2.75) is 32.7 Å². The molecule has 2 aliphatic heterocycles. The Hall–Kier alpha value is -0.770. The van der Waals surface area contributed by atoms with Gasteiger partial charge < -0.3 is 16.0 Å². The van der Waals surface area contributed by atoms with E-state index in [9.17, 15) is 4.79 Å². The summed E-state index contributed by atoms with van der Waals surface area (Å²) in [4.78, 5) is 13.1. The zero-order chi connectivity index (χ0) is 11.1. The highest BCUT2D eigenvalue weighted by atomic mass is 16.2. The maximum absolute atomic E-state index is 11.3. The van der Waals surface area contributed by atoms with E-state index < -0.39 is 0 Å². The summed E-state index contributed by atoms with van der Waals surface area (Å²) < 4.78 is 0. The van der Waals surface area contributed by atoms with E-state index >= 15 is 0 Å². The molecule has 2 saturated heterocycles. The van der Waals surface area contributed by atoms with Gasteiger partial charge in [0.1, 0.15) is 0 Å². The number of nitrogens with one attached hydrogen (secondary N) is 1. The second-order valence-corrected chi connectivity index (χ2v) is 5.27. The first-order chi connectivity index (χ1) is 7.07. The van der Waals surface area contributed by atoms with Crippen LogP contribution in [0.25, 0.3) is 0 Å². The van der Waals surface area contributed by atoms with E-state index in [0.717, 1.165) is 19.6 Å². The van der Waals surface area contributed by atoms with Crippen molar-refractivity contribution >= 4 is 6.03 Å². The number of hydrogen-bond donors (Lipinski definition) is 2. The molecule has 0 aromatic carbocycles. The third kappa shape index (κ3) is 1.61. The van der Waals surface area contributed by atoms with E-state index in [-0.39, 0.29) is 6.03 Å². The molecule has 0 saturated carbocycles. The van der Waals surface area contributed by atoms with Gasteiger partial charge in [-0.3, -0.25) is 0 Å². The van der Waals surface area contributed by atoms with Crippen LogP contribution in [0.15, 0.2) is 0 Å². The van der Waals surface area contributed by atoms with Crippen LogP contribution in [0.3, 0.4) is 0 Å². The number of nitrogens with two attached hydrogens (primary N) is 1. The maximum Gasteiger partial charge on any atom is 0.315 e. The average Bonchev–Trinajstić information content (AvgIpc) is 2.14. The molecule has 4 heteroatoms. The van der Waals surface area contributed by atoms with Crippen molar-refractivity contribution in [3.05, 3.63) is 0 Å². The summed E-state index contributed by atoms with van der Waals surface area (Å²) in [7, 11) is 0. The summed E-state index contributed by atoms with van der Waals surface area (Å²) in [6, 6.07) is 0.106. The first-order valence-electron chi connectivity index (χ1n) is 5.84. The van der Waals surface area contributed by atoms with Crippen LogP contribution in [0.4, 0.5) is 4.79 Å². The highest BCUT2D eigenvalue weighted by molar-refractivity contribution is 5.74. The van der Waals surface area contributed by atoms with Crippen LogP contribution in [0, 0.1) is 11.3 Å². The van der Waals surface area contributed by atoms with Gasteiger partial charge in [0.15, 0.2) is 0 Å². The van der Waals surface area contributed by atoms with Crippen LogP contribution in [0.2, 0.25) is 0 Å². The Kier molecular flexibility index (Phi) is 2.63. The lowest BCUT2D eigenvalue weighted by molar-refractivity contribution is -0.0822. The largest absolute Gasteiger partial charge is 0.351 e. The Morgan fingerprint density at radius 3 is 2.53 bits per heavy atom. The number of rotatable bonds is 1. The monoisotopic (exact) mass is 211 g/mol. The minimum absolute atomic E-state index is 0.252. The molecule has 1 atom stereocenters. The van der Waals surface area contributed by atoms with Crippen molar-refractivity contribution in [3.8, 4) is 0 Å². The highest BCUT2D eigenvalue weighted by Crippen LogP contribution is 2.47. The number of carbonyl (C=O) groups is 1. The highest BCUT2D eigenvalue weighted by Gasteiger charge is 2.54. The number of likely N-dealkylation sites (tertiary alicyclic amines) is 1. The zero-order valence-electron chi connectivity index (χ0n) is 9.62. The standard InChI is InChI=1S/C11H21N3O/c1-8(2)9-11(3-5-13-6-4-11)7-14(9)10(12)15/h8-9,13H,3-7H2,1-2H3,(H2,12,15). The Morgan fingerprint density at radius 1 is 1.47 bits per heavy atom. The van der Waals surface area contributed by atoms with E-state index in [1.807, 2.05) is 4.90 Å². The summed E-state index contributed by atoms with van der Waals surface area (Å²) in [6.45, 7) is 7.39. The number of hydrogen-bond acceptors (Lipinski definition) is 2. The van der Waals surface area contributed by atoms with E-state index in [0.29, 0.717) is 17.4 Å². The van der Waals surface area contributed by atoms with Crippen LogP contribution in [-0.4, -0.2) is 36.6 Å². The molecule has 1 spiro atoms. The van der Waals surface area contributed by atoms with Crippen LogP contribution < -0.4 is 11.1 Å². The fourth-order valence-corrected chi connectivity index (χ4v) is 3.41. The molecular weight excluding hydrogens is 190 g/mol. The Balaban J connectivity index is 2.11. The van der Waals surface area contributed by atoms with Crippen molar-refractivity contribution < 1.29 is 4.79 Å². The quantitative estimate of drug-likeness (QED) is 0.673. The van der Waals surface area contributed by atoms with Crippen molar-refractivity contribution in [1.29, 1.82) is 0 Å². The van der Waals surface area contributed by atoms with Crippen molar-refractivity contribution in [1.82, 2.24) is 10.2 Å². The Morgan fingerprint density at radius 2 is 2.07 bits per heavy atom. The van der Waals surface area contributed by atoms with Crippen LogP contribution in [0.1, 0.15) is 26.7 Å². The molecule has 2 heterocycles. The number of carbonyl (C=O) groups excluding carboxylic acids is 1. The summed E-state index contributed by atoms with van der Waals surface area (Å²) in [5.74, 6) is 0.504. The lowest BCUT2D eigenvalue weighted by Gasteiger charge is -2.60. The lowest BCUT2D eigenvalue weighted by Crippen LogP contribution is -2.71. The molecule has 0 aliphatic carbocycles. The molecule has 2 rings (SSSR count). The smallest absolute Gasteiger partial charge is 0.315 e. The van der Waals surface area contributed by atoms with Crippen molar-refractivity contribution in [2.75, 3.05) is 19.6 Å². The molecule has 86 valence electrons. The molecule has 4 nitrogen and oxygen atoms in total. The first kappa shape index (κ1) is 10.7. The third-order valence-corrected chi connectivity index (χ3v) is 3.96. The number of nitrogens with zero attached hydrogens (tertiary/aromatic N) is 1. The van der Waals surface area contributed by atoms with E-state index in [1.165, 1.54) is 12.8 Å². The topological polar surface area (TPSA) is 58.4 Å². The molecule has 2 amide bonds. The van der Waals surface area contributed by atoms with Gasteiger partial charge >= 0.3 is 6.03 Å². The van der Waals surface area contributed by atoms with Crippen molar-refractivity contribution in [3.63, 3.8) is 0 Å². The van der Waals surface area contributed by atoms with E-state index in [4.69, 9.17) is 5.73 Å². The first-order valence-corrected chi connectivity index (χ1v) is 5.84. The fraction of sp³-hybridized carbons (Fsp3) is 0.909. The minimum atomic E-state index is -0.252. The summed E-state index contributed by atoms with van der Waals surface area (Å²) in [6.07, 6.45) is 2.36. The number of piperidine rings is 1. The van der Waals surface area contributed by atoms with Crippen molar-refractivity contribution in [2.24, 2.45) is 17.1 Å². The molecule has 1 unspecified atom stereocenters. The SMILES string of the molecule is CC(C)C1N(C(N)=O)CC12CCNCC2. The number of primary amides is 1. The van der Waals surface area contributed by atoms with Gasteiger partial charge in [-0.2, -0.15) is 0 Å². The van der Waals surface area contributed by atoms with Gasteiger partial charge in [0.2, 0.25) is 0 Å². The van der Waals surface area contributed by atoms with Crippen LogP contribution in [-0.2, 0) is 0 Å². The molecule has 0 aromatic heterocycles. The fourth-order valence-electron chi connectivity index (χ4n) is 3.41. The van der Waals surface area contributed by atoms with Gasteiger partial charge in [-0.25, -0.2) is 4.79 Å². The predicted octanol–water partition coefficient (Wildman–Crippen LogP) is 0.775. The molecule has 2 aliphatic rings. The van der Waals surface area contributed by atoms with Gasteiger partial charge in [-0.1, -0.05) is 13.8 Å². The number of amides is 2. The second-order valence-electron chi connectivity index (χ2n) is 5.27. The lowest BCUT2D eigenvalue weighted by atomic mass is 9.62. The zero-order valence-corrected chi connectivity index (χ0v) is 9.62. The normalized spacial score (nSPS) is 29.3. The summed E-state index contributed by atoms with van der Waals surface area (Å²) >= 11 is 0. The van der Waals surface area contributed by atoms with E-state index in [1.54, 1.807) is 0 Å². The van der Waals surface area contributed by atoms with Crippen LogP contribution >= 0.6 is 0 Å². The van der Waals surface area contributed by atoms with Crippen LogP contribution in [0.5, 0.6) is 0 Å².